The van der Waals surface area contributed by atoms with E-state index in [0.29, 0.717) is 31.8 Å². The molecule has 1 aromatic rings. The van der Waals surface area contributed by atoms with Crippen LogP contribution in [0.4, 0.5) is 0 Å². The van der Waals surface area contributed by atoms with Gasteiger partial charge in [-0.25, -0.2) is 0 Å². The molecule has 3 heteroatoms. The Hall–Kier alpha value is -2.29. The first-order chi connectivity index (χ1) is 9.74. The van der Waals surface area contributed by atoms with Gasteiger partial charge in [-0.2, -0.15) is 0 Å². The third kappa shape index (κ3) is 4.76. The monoisotopic (exact) mass is 270 g/mol. The molecule has 1 aromatic carbocycles. The van der Waals surface area contributed by atoms with Gasteiger partial charge in [0.1, 0.15) is 13.2 Å². The Bertz CT molecular complexity index is 526. The van der Waals surface area contributed by atoms with Gasteiger partial charge in [0.2, 0.25) is 0 Å². The van der Waals surface area contributed by atoms with Crippen LogP contribution in [0.15, 0.2) is 66.5 Å². The summed E-state index contributed by atoms with van der Waals surface area (Å²) in [5.41, 5.74) is 2.12. The molecule has 1 aliphatic rings. The Balaban J connectivity index is 1.58. The smallest absolute Gasteiger partial charge is 0.306 e. The van der Waals surface area contributed by atoms with Crippen molar-refractivity contribution in [2.24, 2.45) is 0 Å². The lowest BCUT2D eigenvalue weighted by Gasteiger charge is -2.11. The van der Waals surface area contributed by atoms with Crippen molar-refractivity contribution in [2.75, 3.05) is 6.61 Å². The van der Waals surface area contributed by atoms with Gasteiger partial charge in [0.15, 0.2) is 0 Å². The van der Waals surface area contributed by atoms with Gasteiger partial charge in [0, 0.05) is 6.42 Å². The fourth-order valence-corrected chi connectivity index (χ4v) is 1.64. The quantitative estimate of drug-likeness (QED) is 0.535. The summed E-state index contributed by atoms with van der Waals surface area (Å²) in [6.07, 6.45) is 6.72. The minimum atomic E-state index is -0.235. The number of carbonyl (C=O) groups excluding carboxylic acids is 1. The maximum atomic E-state index is 11.6. The molecular weight excluding hydrogens is 252 g/mol. The summed E-state index contributed by atoms with van der Waals surface area (Å²) in [5.74, 6) is 0.379. The van der Waals surface area contributed by atoms with Crippen LogP contribution in [0.1, 0.15) is 18.4 Å². The lowest BCUT2D eigenvalue weighted by molar-refractivity contribution is -0.145. The molecule has 2 rings (SSSR count). The highest BCUT2D eigenvalue weighted by Crippen LogP contribution is 2.12. The average molecular weight is 270 g/mol. The molecule has 0 bridgehead atoms. The molecule has 1 aliphatic carbocycles. The molecule has 0 atom stereocenters. The second-order valence-electron chi connectivity index (χ2n) is 4.57. The number of benzene rings is 1. The van der Waals surface area contributed by atoms with Crippen LogP contribution in [0.2, 0.25) is 0 Å². The second-order valence-corrected chi connectivity index (χ2v) is 4.57. The molecule has 0 unspecified atom stereocenters. The van der Waals surface area contributed by atoms with Crippen molar-refractivity contribution in [3.05, 3.63) is 72.0 Å². The summed E-state index contributed by atoms with van der Waals surface area (Å²) in [6, 6.07) is 9.62. The number of allylic oxidation sites excluding steroid dienone is 3. The minimum Gasteiger partial charge on any atom is -0.494 e. The van der Waals surface area contributed by atoms with Crippen molar-refractivity contribution in [3.63, 3.8) is 0 Å². The van der Waals surface area contributed by atoms with Crippen molar-refractivity contribution in [1.82, 2.24) is 0 Å². The van der Waals surface area contributed by atoms with Gasteiger partial charge in [-0.1, -0.05) is 55.1 Å². The first-order valence-electron chi connectivity index (χ1n) is 6.61. The van der Waals surface area contributed by atoms with E-state index in [1.165, 1.54) is 0 Å². The maximum absolute atomic E-state index is 11.6. The molecule has 20 heavy (non-hydrogen) atoms. The van der Waals surface area contributed by atoms with E-state index in [1.54, 1.807) is 0 Å². The Kier molecular flexibility index (Phi) is 5.18. The maximum Gasteiger partial charge on any atom is 0.306 e. The van der Waals surface area contributed by atoms with E-state index in [-0.39, 0.29) is 5.97 Å². The van der Waals surface area contributed by atoms with Crippen LogP contribution in [0, 0.1) is 0 Å². The molecule has 0 spiro atoms. The molecule has 0 aliphatic heterocycles. The fraction of sp³-hybridized carbons (Fsp3) is 0.235. The van der Waals surface area contributed by atoms with E-state index in [2.05, 4.69) is 6.58 Å². The van der Waals surface area contributed by atoms with Crippen LogP contribution in [0.25, 0.3) is 0 Å². The van der Waals surface area contributed by atoms with Gasteiger partial charge in [0.05, 0.1) is 12.2 Å². The summed E-state index contributed by atoms with van der Waals surface area (Å²) in [6.45, 7) is 4.63. The van der Waals surface area contributed by atoms with Gasteiger partial charge in [-0.3, -0.25) is 4.79 Å². The molecule has 0 fully saturated rings. The number of esters is 1. The van der Waals surface area contributed by atoms with Crippen molar-refractivity contribution in [2.45, 2.75) is 19.4 Å². The lowest BCUT2D eigenvalue weighted by Crippen LogP contribution is -2.06. The summed E-state index contributed by atoms with van der Waals surface area (Å²) in [7, 11) is 0. The summed E-state index contributed by atoms with van der Waals surface area (Å²) < 4.78 is 10.6. The Morgan fingerprint density at radius 1 is 1.05 bits per heavy atom. The van der Waals surface area contributed by atoms with E-state index in [1.807, 2.05) is 48.6 Å². The zero-order valence-corrected chi connectivity index (χ0v) is 11.4. The van der Waals surface area contributed by atoms with Gasteiger partial charge in [-0.15, -0.1) is 0 Å². The molecule has 0 saturated carbocycles. The van der Waals surface area contributed by atoms with Crippen molar-refractivity contribution >= 4 is 5.97 Å². The van der Waals surface area contributed by atoms with Crippen molar-refractivity contribution in [3.8, 4) is 0 Å². The van der Waals surface area contributed by atoms with Gasteiger partial charge in [0.25, 0.3) is 0 Å². The van der Waals surface area contributed by atoms with Crippen LogP contribution in [0.3, 0.4) is 0 Å². The van der Waals surface area contributed by atoms with E-state index < -0.39 is 0 Å². The molecule has 0 amide bonds. The van der Waals surface area contributed by atoms with Crippen LogP contribution >= 0.6 is 0 Å². The fourth-order valence-electron chi connectivity index (χ4n) is 1.64. The van der Waals surface area contributed by atoms with Gasteiger partial charge in [-0.05, 0) is 11.1 Å². The number of ether oxygens (including phenoxy) is 2. The predicted octanol–water partition coefficient (Wildman–Crippen LogP) is 3.54. The summed E-state index contributed by atoms with van der Waals surface area (Å²) in [5, 5.41) is 0. The molecule has 0 saturated heterocycles. The van der Waals surface area contributed by atoms with E-state index in [9.17, 15) is 4.79 Å². The standard InChI is InChI=1S/C17H18O3/c1-14(19-12-16-8-5-9-16)10-11-17(18)20-13-15-6-3-2-4-7-15/h2-9H,1,10-13H2. The van der Waals surface area contributed by atoms with E-state index >= 15 is 0 Å². The molecule has 0 radical (unpaired) electrons. The summed E-state index contributed by atoms with van der Waals surface area (Å²) >= 11 is 0. The third-order valence-electron chi connectivity index (χ3n) is 2.91. The van der Waals surface area contributed by atoms with Crippen molar-refractivity contribution < 1.29 is 14.3 Å². The molecular formula is C17H18O3. The van der Waals surface area contributed by atoms with E-state index in [4.69, 9.17) is 9.47 Å². The number of rotatable bonds is 8. The average Bonchev–Trinajstić information content (AvgIpc) is 2.42. The SMILES string of the molecule is C=C(CCC(=O)OCc1ccccc1)OCC1=CC=C1. The largest absolute Gasteiger partial charge is 0.494 e. The highest BCUT2D eigenvalue weighted by Gasteiger charge is 2.06. The Labute approximate surface area is 119 Å². The minimum absolute atomic E-state index is 0.235. The molecule has 0 heterocycles. The first kappa shape index (κ1) is 14.1. The topological polar surface area (TPSA) is 35.5 Å². The number of hydrogen-bond donors (Lipinski definition) is 0. The summed E-state index contributed by atoms with van der Waals surface area (Å²) in [4.78, 5) is 11.6. The lowest BCUT2D eigenvalue weighted by atomic mass is 10.1. The van der Waals surface area contributed by atoms with Crippen molar-refractivity contribution in [1.29, 1.82) is 0 Å². The zero-order valence-electron chi connectivity index (χ0n) is 11.4. The number of hydrogen-bond acceptors (Lipinski definition) is 3. The Morgan fingerprint density at radius 3 is 2.45 bits per heavy atom. The molecule has 0 N–H and O–H groups in total. The van der Waals surface area contributed by atoms with Crippen LogP contribution in [0.5, 0.6) is 0 Å². The molecule has 3 nitrogen and oxygen atoms in total. The highest BCUT2D eigenvalue weighted by atomic mass is 16.5. The van der Waals surface area contributed by atoms with Crippen LogP contribution in [-0.2, 0) is 20.9 Å². The molecule has 0 aromatic heterocycles. The highest BCUT2D eigenvalue weighted by molar-refractivity contribution is 5.69. The Morgan fingerprint density at radius 2 is 1.80 bits per heavy atom. The number of carbonyl (C=O) groups is 1. The first-order valence-corrected chi connectivity index (χ1v) is 6.61. The third-order valence-corrected chi connectivity index (χ3v) is 2.91. The second kappa shape index (κ2) is 7.34. The zero-order chi connectivity index (χ0) is 14.2. The van der Waals surface area contributed by atoms with Gasteiger partial charge < -0.3 is 9.47 Å². The predicted molar refractivity (Wildman–Crippen MR) is 77.8 cm³/mol. The van der Waals surface area contributed by atoms with Crippen LogP contribution in [-0.4, -0.2) is 12.6 Å². The molecule has 104 valence electrons. The normalized spacial score (nSPS) is 12.3. The van der Waals surface area contributed by atoms with E-state index in [0.717, 1.165) is 11.1 Å². The van der Waals surface area contributed by atoms with Crippen LogP contribution < -0.4 is 0 Å². The van der Waals surface area contributed by atoms with Gasteiger partial charge >= 0.3 is 5.97 Å².